The second-order valence-electron chi connectivity index (χ2n) is 5.32. The van der Waals surface area contributed by atoms with Crippen LogP contribution in [-0.2, 0) is 4.79 Å². The van der Waals surface area contributed by atoms with Crippen LogP contribution in [-0.4, -0.2) is 26.5 Å². The molecule has 1 aromatic carbocycles. The quantitative estimate of drug-likeness (QED) is 0.635. The summed E-state index contributed by atoms with van der Waals surface area (Å²) in [6.07, 6.45) is 0. The van der Waals surface area contributed by atoms with E-state index in [4.69, 9.17) is 5.84 Å². The zero-order valence-corrected chi connectivity index (χ0v) is 14.1. The van der Waals surface area contributed by atoms with Crippen LogP contribution < -0.4 is 16.7 Å². The summed E-state index contributed by atoms with van der Waals surface area (Å²) in [5, 5.41) is 10.6. The smallest absolute Gasteiger partial charge is 0.294 e. The van der Waals surface area contributed by atoms with Crippen molar-refractivity contribution >= 4 is 23.4 Å². The van der Waals surface area contributed by atoms with Crippen LogP contribution in [0.2, 0.25) is 0 Å². The Morgan fingerprint density at radius 1 is 1.35 bits per heavy atom. The molecule has 0 saturated carbocycles. The molecule has 2 rings (SSSR count). The number of carbonyl (C=O) groups is 1. The molecule has 7 nitrogen and oxygen atoms in total. The van der Waals surface area contributed by atoms with Gasteiger partial charge < -0.3 is 11.2 Å². The van der Waals surface area contributed by atoms with E-state index in [0.29, 0.717) is 5.92 Å². The number of nitrogen functional groups attached to an aromatic ring is 1. The Labute approximate surface area is 138 Å². The summed E-state index contributed by atoms with van der Waals surface area (Å²) in [5.74, 6) is 5.83. The van der Waals surface area contributed by atoms with Gasteiger partial charge >= 0.3 is 0 Å². The highest BCUT2D eigenvalue weighted by Crippen LogP contribution is 2.24. The van der Waals surface area contributed by atoms with Crippen LogP contribution in [0.1, 0.15) is 31.0 Å². The Bertz CT molecular complexity index is 773. The van der Waals surface area contributed by atoms with Crippen molar-refractivity contribution in [2.24, 2.45) is 0 Å². The van der Waals surface area contributed by atoms with Crippen LogP contribution in [0.3, 0.4) is 0 Å². The van der Waals surface area contributed by atoms with Gasteiger partial charge in [0.25, 0.3) is 5.56 Å². The molecule has 8 heteroatoms. The van der Waals surface area contributed by atoms with Crippen LogP contribution in [0, 0.1) is 6.92 Å². The predicted octanol–water partition coefficient (Wildman–Crippen LogP) is 1.51. The maximum atomic E-state index is 12.1. The highest BCUT2D eigenvalue weighted by Gasteiger charge is 2.12. The zero-order valence-electron chi connectivity index (χ0n) is 13.2. The molecule has 0 spiro atoms. The number of hydrogen-bond donors (Lipinski definition) is 2. The average Bonchev–Trinajstić information content (AvgIpc) is 2.52. The van der Waals surface area contributed by atoms with Gasteiger partial charge in [-0.05, 0) is 24.5 Å². The summed E-state index contributed by atoms with van der Waals surface area (Å²) in [7, 11) is 0. The van der Waals surface area contributed by atoms with Gasteiger partial charge in [-0.1, -0.05) is 43.8 Å². The van der Waals surface area contributed by atoms with Gasteiger partial charge in [-0.25, -0.2) is 0 Å². The molecular formula is C15H19N5O2S. The Hall–Kier alpha value is -2.35. The van der Waals surface area contributed by atoms with Crippen molar-refractivity contribution in [1.82, 2.24) is 14.9 Å². The standard InChI is InChI=1S/C15H19N5O2S/c1-9(2)11-6-4-5-7-12(11)17-13(21)8-23-15-19-18-10(3)14(22)20(15)16/h4-7,9H,8,16H2,1-3H3,(H,17,21). The van der Waals surface area contributed by atoms with E-state index in [2.05, 4.69) is 29.4 Å². The Morgan fingerprint density at radius 3 is 2.74 bits per heavy atom. The van der Waals surface area contributed by atoms with Crippen molar-refractivity contribution in [1.29, 1.82) is 0 Å². The van der Waals surface area contributed by atoms with Gasteiger partial charge in [0.1, 0.15) is 5.69 Å². The van der Waals surface area contributed by atoms with Crippen LogP contribution in [0.15, 0.2) is 34.2 Å². The van der Waals surface area contributed by atoms with Gasteiger partial charge in [-0.2, -0.15) is 4.68 Å². The number of nitrogens with one attached hydrogen (secondary N) is 1. The minimum absolute atomic E-state index is 0.0841. The summed E-state index contributed by atoms with van der Waals surface area (Å²) in [4.78, 5) is 23.8. The van der Waals surface area contributed by atoms with E-state index in [-0.39, 0.29) is 22.5 Å². The predicted molar refractivity (Wildman–Crippen MR) is 91.1 cm³/mol. The molecule has 0 aliphatic rings. The molecule has 0 saturated heterocycles. The Morgan fingerprint density at radius 2 is 2.04 bits per heavy atom. The van der Waals surface area contributed by atoms with Gasteiger partial charge in [0.2, 0.25) is 11.1 Å². The van der Waals surface area contributed by atoms with Gasteiger partial charge in [0.15, 0.2) is 0 Å². The number of hydrogen-bond acceptors (Lipinski definition) is 6. The molecule has 0 atom stereocenters. The first-order chi connectivity index (χ1) is 10.9. The van der Waals surface area contributed by atoms with Crippen molar-refractivity contribution in [3.05, 3.63) is 45.9 Å². The summed E-state index contributed by atoms with van der Waals surface area (Å²) >= 11 is 1.06. The number of anilines is 1. The average molecular weight is 333 g/mol. The first-order valence-corrected chi connectivity index (χ1v) is 8.11. The molecule has 0 unspecified atom stereocenters. The van der Waals surface area contributed by atoms with Crippen molar-refractivity contribution in [2.45, 2.75) is 31.8 Å². The van der Waals surface area contributed by atoms with Crippen LogP contribution in [0.25, 0.3) is 0 Å². The number of amides is 1. The molecule has 0 fully saturated rings. The van der Waals surface area contributed by atoms with Gasteiger partial charge in [-0.15, -0.1) is 10.2 Å². The molecule has 2 aromatic rings. The first kappa shape index (κ1) is 17.0. The first-order valence-electron chi connectivity index (χ1n) is 7.13. The molecule has 3 N–H and O–H groups in total. The summed E-state index contributed by atoms with van der Waals surface area (Å²) in [6, 6.07) is 7.66. The largest absolute Gasteiger partial charge is 0.334 e. The van der Waals surface area contributed by atoms with Crippen LogP contribution in [0.4, 0.5) is 5.69 Å². The van der Waals surface area contributed by atoms with Crippen LogP contribution in [0.5, 0.6) is 0 Å². The minimum Gasteiger partial charge on any atom is -0.334 e. The molecule has 23 heavy (non-hydrogen) atoms. The minimum atomic E-state index is -0.423. The van der Waals surface area contributed by atoms with Crippen molar-refractivity contribution < 1.29 is 4.79 Å². The highest BCUT2D eigenvalue weighted by molar-refractivity contribution is 7.99. The topological polar surface area (TPSA) is 103 Å². The fourth-order valence-electron chi connectivity index (χ4n) is 2.00. The normalized spacial score (nSPS) is 10.8. The number of benzene rings is 1. The number of nitrogens with two attached hydrogens (primary N) is 1. The second kappa shape index (κ2) is 7.28. The lowest BCUT2D eigenvalue weighted by atomic mass is 10.0. The van der Waals surface area contributed by atoms with Crippen molar-refractivity contribution in [2.75, 3.05) is 16.9 Å². The zero-order chi connectivity index (χ0) is 17.0. The summed E-state index contributed by atoms with van der Waals surface area (Å²) < 4.78 is 0.905. The number of carbonyl (C=O) groups excluding carboxylic acids is 1. The number of aromatic nitrogens is 3. The molecule has 1 heterocycles. The molecule has 1 aromatic heterocycles. The van der Waals surface area contributed by atoms with E-state index < -0.39 is 5.56 Å². The molecule has 0 radical (unpaired) electrons. The Kier molecular flexibility index (Phi) is 5.38. The number of nitrogens with zero attached hydrogens (tertiary/aromatic N) is 3. The van der Waals surface area contributed by atoms with E-state index in [1.165, 1.54) is 6.92 Å². The van der Waals surface area contributed by atoms with Gasteiger partial charge in [-0.3, -0.25) is 9.59 Å². The third-order valence-corrected chi connectivity index (χ3v) is 4.15. The maximum absolute atomic E-state index is 12.1. The molecule has 0 aliphatic heterocycles. The number of aryl methyl sites for hydroxylation is 1. The number of thioether (sulfide) groups is 1. The third kappa shape index (κ3) is 4.10. The molecule has 122 valence electrons. The van der Waals surface area contributed by atoms with Gasteiger partial charge in [0.05, 0.1) is 5.75 Å². The molecule has 1 amide bonds. The SMILES string of the molecule is Cc1nnc(SCC(=O)Nc2ccccc2C(C)C)n(N)c1=O. The summed E-state index contributed by atoms with van der Waals surface area (Å²) in [5.41, 5.74) is 1.64. The lowest BCUT2D eigenvalue weighted by Gasteiger charge is -2.13. The number of para-hydroxylation sites is 1. The molecule has 0 aliphatic carbocycles. The monoisotopic (exact) mass is 333 g/mol. The van der Waals surface area contributed by atoms with Crippen LogP contribution >= 0.6 is 11.8 Å². The van der Waals surface area contributed by atoms with E-state index in [1.807, 2.05) is 24.3 Å². The third-order valence-electron chi connectivity index (χ3n) is 3.21. The van der Waals surface area contributed by atoms with Crippen molar-refractivity contribution in [3.63, 3.8) is 0 Å². The fourth-order valence-corrected chi connectivity index (χ4v) is 2.65. The molecular weight excluding hydrogens is 314 g/mol. The van der Waals surface area contributed by atoms with E-state index in [9.17, 15) is 9.59 Å². The van der Waals surface area contributed by atoms with Crippen molar-refractivity contribution in [3.8, 4) is 0 Å². The fraction of sp³-hybridized carbons (Fsp3) is 0.333. The van der Waals surface area contributed by atoms with Gasteiger partial charge in [0, 0.05) is 5.69 Å². The second-order valence-corrected chi connectivity index (χ2v) is 6.26. The highest BCUT2D eigenvalue weighted by atomic mass is 32.2. The lowest BCUT2D eigenvalue weighted by molar-refractivity contribution is -0.113. The van der Waals surface area contributed by atoms with E-state index in [0.717, 1.165) is 27.7 Å². The number of rotatable bonds is 5. The maximum Gasteiger partial charge on any atom is 0.294 e. The lowest BCUT2D eigenvalue weighted by Crippen LogP contribution is -2.32. The van der Waals surface area contributed by atoms with E-state index in [1.54, 1.807) is 0 Å². The van der Waals surface area contributed by atoms with E-state index >= 15 is 0 Å². The Balaban J connectivity index is 2.04. The molecule has 0 bridgehead atoms. The summed E-state index contributed by atoms with van der Waals surface area (Å²) in [6.45, 7) is 5.66.